The van der Waals surface area contributed by atoms with Crippen molar-refractivity contribution in [2.24, 2.45) is 28.1 Å². The lowest BCUT2D eigenvalue weighted by molar-refractivity contribution is -0.143. The van der Waals surface area contributed by atoms with Gasteiger partial charge in [0, 0.05) is 19.4 Å². The summed E-state index contributed by atoms with van der Waals surface area (Å²) in [4.78, 5) is 65.5. The lowest BCUT2D eigenvalue weighted by Gasteiger charge is -2.27. The van der Waals surface area contributed by atoms with Gasteiger partial charge in [-0.3, -0.25) is 24.2 Å². The fourth-order valence-corrected chi connectivity index (χ4v) is 3.58. The number of aromatic hydroxyl groups is 1. The highest BCUT2D eigenvalue weighted by molar-refractivity contribution is 5.94. The molecule has 3 amide bonds. The van der Waals surface area contributed by atoms with Gasteiger partial charge >= 0.3 is 11.9 Å². The molecule has 1 aromatic carbocycles. The summed E-state index contributed by atoms with van der Waals surface area (Å²) in [6.07, 6.45) is -0.310. The molecule has 12 N–H and O–H groups in total. The fraction of sp³-hybridized carbons (Fsp3) is 0.520. The van der Waals surface area contributed by atoms with Crippen LogP contribution in [-0.2, 0) is 30.4 Å². The minimum Gasteiger partial charge on any atom is -0.508 e. The van der Waals surface area contributed by atoms with Gasteiger partial charge < -0.3 is 48.5 Å². The standard InChI is InChI=1S/C25H39N7O8/c1-13(2)20(32-21(36)16(26)4-3-11-29-25(27)28)23(38)30-17(9-10-19(34)35)22(37)31-18(24(39)40)12-14-5-7-15(33)8-6-14/h5-8,13,16-18,20,33H,3-4,9-12,26H2,1-2H3,(H,30,38)(H,31,37)(H,32,36)(H,34,35)(H,39,40)(H4,27,28,29). The molecule has 0 aliphatic heterocycles. The van der Waals surface area contributed by atoms with E-state index in [-0.39, 0.29) is 37.5 Å². The maximum atomic E-state index is 13.1. The van der Waals surface area contributed by atoms with Gasteiger partial charge in [-0.25, -0.2) is 4.79 Å². The van der Waals surface area contributed by atoms with Crippen LogP contribution in [0.5, 0.6) is 5.75 Å². The number of phenolic OH excluding ortho intramolecular Hbond substituents is 1. The Morgan fingerprint density at radius 1 is 0.875 bits per heavy atom. The van der Waals surface area contributed by atoms with Gasteiger partial charge in [-0.1, -0.05) is 26.0 Å². The number of phenols is 1. The van der Waals surface area contributed by atoms with Crippen LogP contribution in [0.3, 0.4) is 0 Å². The molecular weight excluding hydrogens is 526 g/mol. The van der Waals surface area contributed by atoms with Crippen molar-refractivity contribution in [3.63, 3.8) is 0 Å². The number of benzene rings is 1. The van der Waals surface area contributed by atoms with Crippen LogP contribution >= 0.6 is 0 Å². The van der Waals surface area contributed by atoms with Crippen molar-refractivity contribution < 1.29 is 39.3 Å². The first kappa shape index (κ1) is 33.6. The van der Waals surface area contributed by atoms with Gasteiger partial charge in [0.05, 0.1) is 6.04 Å². The van der Waals surface area contributed by atoms with E-state index in [1.807, 2.05) is 0 Å². The number of carboxylic acids is 2. The van der Waals surface area contributed by atoms with E-state index in [1.165, 1.54) is 24.3 Å². The molecule has 15 heteroatoms. The minimum absolute atomic E-state index is 0.0187. The molecule has 1 aromatic rings. The summed E-state index contributed by atoms with van der Waals surface area (Å²) >= 11 is 0. The summed E-state index contributed by atoms with van der Waals surface area (Å²) in [5, 5.41) is 35.5. The van der Waals surface area contributed by atoms with Crippen molar-refractivity contribution in [3.05, 3.63) is 29.8 Å². The number of aliphatic imine (C=N–C) groups is 1. The molecule has 4 unspecified atom stereocenters. The molecule has 0 aromatic heterocycles. The zero-order valence-electron chi connectivity index (χ0n) is 22.5. The number of hydrogen-bond acceptors (Lipinski definition) is 8. The molecule has 0 saturated carbocycles. The molecular formula is C25H39N7O8. The molecule has 15 nitrogen and oxygen atoms in total. The summed E-state index contributed by atoms with van der Waals surface area (Å²) in [5.74, 6) is -5.44. The quantitative estimate of drug-likeness (QED) is 0.0587. The van der Waals surface area contributed by atoms with E-state index in [0.717, 1.165) is 0 Å². The molecule has 0 fully saturated rings. The third-order valence-electron chi connectivity index (χ3n) is 5.82. The number of aliphatic carboxylic acids is 2. The molecule has 0 bridgehead atoms. The zero-order valence-corrected chi connectivity index (χ0v) is 22.5. The molecule has 222 valence electrons. The Morgan fingerprint density at radius 3 is 2.00 bits per heavy atom. The molecule has 40 heavy (non-hydrogen) atoms. The number of nitrogens with one attached hydrogen (secondary N) is 3. The second-order valence-electron chi connectivity index (χ2n) is 9.55. The fourth-order valence-electron chi connectivity index (χ4n) is 3.58. The van der Waals surface area contributed by atoms with Crippen LogP contribution in [0.4, 0.5) is 0 Å². The monoisotopic (exact) mass is 565 g/mol. The lowest BCUT2D eigenvalue weighted by atomic mass is 10.0. The molecule has 0 spiro atoms. The first-order chi connectivity index (χ1) is 18.7. The van der Waals surface area contributed by atoms with E-state index in [0.29, 0.717) is 12.0 Å². The Hall–Kier alpha value is -4.40. The summed E-state index contributed by atoms with van der Waals surface area (Å²) in [5.41, 5.74) is 16.9. The Balaban J connectivity index is 2.95. The van der Waals surface area contributed by atoms with Gasteiger partial charge in [0.25, 0.3) is 0 Å². The molecule has 0 aliphatic carbocycles. The predicted octanol–water partition coefficient (Wildman–Crippen LogP) is -1.62. The highest BCUT2D eigenvalue weighted by Gasteiger charge is 2.32. The summed E-state index contributed by atoms with van der Waals surface area (Å²) in [6.45, 7) is 3.57. The van der Waals surface area contributed by atoms with Crippen molar-refractivity contribution in [2.75, 3.05) is 6.54 Å². The molecule has 1 rings (SSSR count). The lowest BCUT2D eigenvalue weighted by Crippen LogP contribution is -2.58. The van der Waals surface area contributed by atoms with E-state index in [1.54, 1.807) is 13.8 Å². The number of amides is 3. The number of carbonyl (C=O) groups excluding carboxylic acids is 3. The van der Waals surface area contributed by atoms with E-state index in [2.05, 4.69) is 20.9 Å². The summed E-state index contributed by atoms with van der Waals surface area (Å²) in [6, 6.07) is 0.806. The number of carboxylic acid groups (broad SMARTS) is 2. The van der Waals surface area contributed by atoms with E-state index in [4.69, 9.17) is 22.3 Å². The third kappa shape index (κ3) is 12.4. The largest absolute Gasteiger partial charge is 0.508 e. The van der Waals surface area contributed by atoms with Gasteiger partial charge in [0.1, 0.15) is 23.9 Å². The van der Waals surface area contributed by atoms with E-state index >= 15 is 0 Å². The van der Waals surface area contributed by atoms with Gasteiger partial charge in [-0.2, -0.15) is 0 Å². The van der Waals surface area contributed by atoms with Crippen LogP contribution in [0, 0.1) is 5.92 Å². The van der Waals surface area contributed by atoms with Crippen molar-refractivity contribution >= 4 is 35.6 Å². The van der Waals surface area contributed by atoms with E-state index < -0.39 is 66.2 Å². The summed E-state index contributed by atoms with van der Waals surface area (Å²) < 4.78 is 0. The second kappa shape index (κ2) is 16.5. The normalized spacial score (nSPS) is 13.8. The third-order valence-corrected chi connectivity index (χ3v) is 5.82. The van der Waals surface area contributed by atoms with Crippen LogP contribution in [0.1, 0.15) is 45.1 Å². The van der Waals surface area contributed by atoms with Crippen LogP contribution in [0.15, 0.2) is 29.3 Å². The molecule has 0 radical (unpaired) electrons. The van der Waals surface area contributed by atoms with Gasteiger partial charge in [-0.05, 0) is 42.9 Å². The minimum atomic E-state index is -1.41. The van der Waals surface area contributed by atoms with E-state index in [9.17, 15) is 34.2 Å². The molecule has 0 saturated heterocycles. The van der Waals surface area contributed by atoms with Crippen molar-refractivity contribution in [1.82, 2.24) is 16.0 Å². The maximum Gasteiger partial charge on any atom is 0.326 e. The number of nitrogens with two attached hydrogens (primary N) is 3. The Morgan fingerprint density at radius 2 is 1.48 bits per heavy atom. The van der Waals surface area contributed by atoms with Crippen LogP contribution < -0.4 is 33.2 Å². The predicted molar refractivity (Wildman–Crippen MR) is 145 cm³/mol. The number of nitrogens with zero attached hydrogens (tertiary/aromatic N) is 1. The molecule has 0 aliphatic rings. The topological polar surface area (TPSA) is 273 Å². The van der Waals surface area contributed by atoms with Crippen LogP contribution in [0.25, 0.3) is 0 Å². The summed E-state index contributed by atoms with van der Waals surface area (Å²) in [7, 11) is 0. The Kier molecular flexibility index (Phi) is 13.9. The van der Waals surface area contributed by atoms with Crippen molar-refractivity contribution in [2.45, 2.75) is 70.1 Å². The maximum absolute atomic E-state index is 13.1. The SMILES string of the molecule is CC(C)C(NC(=O)C(N)CCCN=C(N)N)C(=O)NC(CCC(=O)O)C(=O)NC(Cc1ccc(O)cc1)C(=O)O. The number of hydrogen-bond donors (Lipinski definition) is 9. The van der Waals surface area contributed by atoms with Gasteiger partial charge in [0.2, 0.25) is 17.7 Å². The first-order valence-electron chi connectivity index (χ1n) is 12.7. The number of guanidine groups is 1. The van der Waals surface area contributed by atoms with Crippen LogP contribution in [-0.4, -0.2) is 81.7 Å². The Bertz CT molecular complexity index is 1060. The van der Waals surface area contributed by atoms with Gasteiger partial charge in [-0.15, -0.1) is 0 Å². The van der Waals surface area contributed by atoms with Crippen LogP contribution in [0.2, 0.25) is 0 Å². The van der Waals surface area contributed by atoms with Crippen molar-refractivity contribution in [3.8, 4) is 5.75 Å². The molecule has 0 heterocycles. The highest BCUT2D eigenvalue weighted by atomic mass is 16.4. The first-order valence-corrected chi connectivity index (χ1v) is 12.7. The number of rotatable bonds is 17. The average molecular weight is 566 g/mol. The number of carbonyl (C=O) groups is 5. The molecule has 4 atom stereocenters. The highest BCUT2D eigenvalue weighted by Crippen LogP contribution is 2.12. The van der Waals surface area contributed by atoms with Gasteiger partial charge in [0.15, 0.2) is 5.96 Å². The zero-order chi connectivity index (χ0) is 30.4. The average Bonchev–Trinajstić information content (AvgIpc) is 2.87. The van der Waals surface area contributed by atoms with Crippen molar-refractivity contribution in [1.29, 1.82) is 0 Å². The smallest absolute Gasteiger partial charge is 0.326 e. The Labute approximate surface area is 231 Å². The second-order valence-corrected chi connectivity index (χ2v) is 9.55.